The minimum absolute atomic E-state index is 0.0939. The fourth-order valence-corrected chi connectivity index (χ4v) is 3.97. The lowest BCUT2D eigenvalue weighted by Gasteiger charge is -2.14. The van der Waals surface area contributed by atoms with Gasteiger partial charge in [0.1, 0.15) is 5.83 Å². The van der Waals surface area contributed by atoms with Gasteiger partial charge in [0.25, 0.3) is 0 Å². The minimum atomic E-state index is -0.0939. The summed E-state index contributed by atoms with van der Waals surface area (Å²) in [6.45, 7) is 4.78. The molecule has 0 unspecified atom stereocenters. The topological polar surface area (TPSA) is 30.7 Å². The highest BCUT2D eigenvalue weighted by molar-refractivity contribution is 6.18. The molecule has 5 heteroatoms. The van der Waals surface area contributed by atoms with Crippen molar-refractivity contribution < 1.29 is 4.39 Å². The molecule has 3 aromatic rings. The number of aromatic nitrogens is 3. The van der Waals surface area contributed by atoms with Gasteiger partial charge in [-0.25, -0.2) is 9.37 Å². The molecule has 1 aliphatic rings. The zero-order valence-corrected chi connectivity index (χ0v) is 20.7. The summed E-state index contributed by atoms with van der Waals surface area (Å²) in [6, 6.07) is 14.5. The van der Waals surface area contributed by atoms with Crippen LogP contribution < -0.4 is 0 Å². The molecule has 0 spiro atoms. The highest BCUT2D eigenvalue weighted by Gasteiger charge is 2.22. The van der Waals surface area contributed by atoms with E-state index in [1.807, 2.05) is 38.1 Å². The second-order valence-electron chi connectivity index (χ2n) is 7.66. The molecule has 2 heterocycles. The number of imidazole rings is 1. The van der Waals surface area contributed by atoms with Gasteiger partial charge in [0, 0.05) is 43.2 Å². The molecule has 1 aromatic carbocycles. The van der Waals surface area contributed by atoms with Crippen LogP contribution in [0.5, 0.6) is 0 Å². The fourth-order valence-electron chi connectivity index (χ4n) is 3.88. The molecule has 2 aromatic heterocycles. The first kappa shape index (κ1) is 25.5. The Morgan fingerprint density at radius 1 is 1.03 bits per heavy atom. The van der Waals surface area contributed by atoms with E-state index < -0.39 is 0 Å². The normalized spacial score (nSPS) is 12.6. The Balaban J connectivity index is 0.00000158. The smallest absolute Gasteiger partial charge is 0.186 e. The van der Waals surface area contributed by atoms with Crippen molar-refractivity contribution in [3.63, 3.8) is 0 Å². The van der Waals surface area contributed by atoms with E-state index in [0.29, 0.717) is 25.1 Å². The summed E-state index contributed by atoms with van der Waals surface area (Å²) in [5.41, 5.74) is 5.25. The zero-order valence-electron chi connectivity index (χ0n) is 19.9. The summed E-state index contributed by atoms with van der Waals surface area (Å²) in [5.74, 6) is 7.48. The van der Waals surface area contributed by atoms with Crippen molar-refractivity contribution in [3.05, 3.63) is 89.9 Å². The Bertz CT molecular complexity index is 1170. The van der Waals surface area contributed by atoms with Gasteiger partial charge in [0.05, 0.1) is 11.4 Å². The molecule has 0 fully saturated rings. The van der Waals surface area contributed by atoms with E-state index in [4.69, 9.17) is 16.6 Å². The average Bonchev–Trinajstić information content (AvgIpc) is 3.25. The second kappa shape index (κ2) is 13.5. The van der Waals surface area contributed by atoms with Crippen LogP contribution in [0.4, 0.5) is 4.39 Å². The maximum absolute atomic E-state index is 13.7. The van der Waals surface area contributed by atoms with Crippen molar-refractivity contribution >= 4 is 17.2 Å². The van der Waals surface area contributed by atoms with Gasteiger partial charge in [-0.2, -0.15) is 0 Å². The third-order valence-corrected chi connectivity index (χ3v) is 5.62. The standard InChI is InChI=1S/C27H25ClFN3.C2H6/c28-17-5-4-10-25-31-26(22-11-13-24(29)14-12-22)27(23-15-18-30-19-16-23)32(25)20-6-9-21-7-2-1-3-8-21;1-2/h1-3,7-8,11,13,15-16,18-19H,5-6,9,12,14,17,20H2;1-2H3. The first-order chi connectivity index (χ1) is 16.8. The van der Waals surface area contributed by atoms with Crippen LogP contribution in [0.2, 0.25) is 0 Å². The summed E-state index contributed by atoms with van der Waals surface area (Å²) < 4.78 is 15.9. The number of nitrogens with zero attached hydrogens (tertiary/aromatic N) is 3. The summed E-state index contributed by atoms with van der Waals surface area (Å²) in [6.07, 6.45) is 10.5. The third kappa shape index (κ3) is 6.68. The number of alkyl halides is 1. The first-order valence-corrected chi connectivity index (χ1v) is 12.4. The van der Waals surface area contributed by atoms with E-state index in [0.717, 1.165) is 47.7 Å². The van der Waals surface area contributed by atoms with Crippen LogP contribution in [-0.2, 0) is 13.0 Å². The van der Waals surface area contributed by atoms with Crippen LogP contribution in [0, 0.1) is 11.8 Å². The van der Waals surface area contributed by atoms with Crippen LogP contribution in [0.15, 0.2) is 72.8 Å². The number of halogens is 2. The van der Waals surface area contributed by atoms with E-state index in [-0.39, 0.29) is 5.83 Å². The van der Waals surface area contributed by atoms with Crippen molar-refractivity contribution in [2.45, 2.75) is 52.5 Å². The van der Waals surface area contributed by atoms with Crippen LogP contribution in [0.1, 0.15) is 56.6 Å². The van der Waals surface area contributed by atoms with Crippen LogP contribution >= 0.6 is 11.6 Å². The first-order valence-electron chi connectivity index (χ1n) is 11.9. The Kier molecular flexibility index (Phi) is 10.1. The number of hydrogen-bond acceptors (Lipinski definition) is 2. The predicted molar refractivity (Wildman–Crippen MR) is 140 cm³/mol. The lowest BCUT2D eigenvalue weighted by atomic mass is 9.98. The largest absolute Gasteiger partial charge is 0.317 e. The highest BCUT2D eigenvalue weighted by atomic mass is 35.5. The van der Waals surface area contributed by atoms with Gasteiger partial charge in [0.15, 0.2) is 5.82 Å². The SMILES string of the molecule is CC.FC1=CC=C(c2nc(C#CCCCl)n(CCCc3ccccc3)c2-c2ccncc2)CC1. The molecule has 1 aliphatic carbocycles. The Labute approximate surface area is 207 Å². The molecule has 0 N–H and O–H groups in total. The van der Waals surface area contributed by atoms with Crippen LogP contribution in [0.25, 0.3) is 16.8 Å². The van der Waals surface area contributed by atoms with Crippen molar-refractivity contribution in [1.82, 2.24) is 14.5 Å². The predicted octanol–water partition coefficient (Wildman–Crippen LogP) is 7.62. The fraction of sp³-hybridized carbons (Fsp3) is 0.310. The molecule has 34 heavy (non-hydrogen) atoms. The number of pyridine rings is 1. The number of allylic oxidation sites excluding steroid dienone is 4. The van der Waals surface area contributed by atoms with E-state index in [1.54, 1.807) is 18.5 Å². The summed E-state index contributed by atoms with van der Waals surface area (Å²) in [5, 5.41) is 0. The molecule has 0 aliphatic heterocycles. The average molecular weight is 476 g/mol. The summed E-state index contributed by atoms with van der Waals surface area (Å²) in [7, 11) is 0. The van der Waals surface area contributed by atoms with Gasteiger partial charge in [-0.3, -0.25) is 4.98 Å². The molecule has 0 saturated heterocycles. The molecule has 4 rings (SSSR count). The molecule has 0 bridgehead atoms. The lowest BCUT2D eigenvalue weighted by molar-refractivity contribution is 0.590. The molecule has 0 saturated carbocycles. The maximum atomic E-state index is 13.7. The van der Waals surface area contributed by atoms with Crippen LogP contribution in [0.3, 0.4) is 0 Å². The van der Waals surface area contributed by atoms with Gasteiger partial charge in [-0.05, 0) is 54.5 Å². The molecule has 0 amide bonds. The molecule has 176 valence electrons. The van der Waals surface area contributed by atoms with Gasteiger partial charge in [-0.15, -0.1) is 11.6 Å². The van der Waals surface area contributed by atoms with Crippen LogP contribution in [-0.4, -0.2) is 20.4 Å². The number of hydrogen-bond donors (Lipinski definition) is 0. The van der Waals surface area contributed by atoms with E-state index in [9.17, 15) is 4.39 Å². The minimum Gasteiger partial charge on any atom is -0.317 e. The molecule has 3 nitrogen and oxygen atoms in total. The molecular formula is C29H31ClFN3. The Morgan fingerprint density at radius 3 is 2.47 bits per heavy atom. The van der Waals surface area contributed by atoms with E-state index >= 15 is 0 Å². The van der Waals surface area contributed by atoms with E-state index in [1.165, 1.54) is 5.56 Å². The third-order valence-electron chi connectivity index (χ3n) is 5.43. The molecular weight excluding hydrogens is 445 g/mol. The molecule has 0 radical (unpaired) electrons. The summed E-state index contributed by atoms with van der Waals surface area (Å²) in [4.78, 5) is 9.11. The van der Waals surface area contributed by atoms with Gasteiger partial charge in [-0.1, -0.05) is 56.2 Å². The zero-order chi connectivity index (χ0) is 24.2. The van der Waals surface area contributed by atoms with Gasteiger partial charge < -0.3 is 4.57 Å². The maximum Gasteiger partial charge on any atom is 0.186 e. The molecule has 0 atom stereocenters. The van der Waals surface area contributed by atoms with Crippen molar-refractivity contribution in [2.75, 3.05) is 5.88 Å². The van der Waals surface area contributed by atoms with Gasteiger partial charge in [0.2, 0.25) is 0 Å². The quantitative estimate of drug-likeness (QED) is 0.260. The number of rotatable bonds is 7. The monoisotopic (exact) mass is 475 g/mol. The Morgan fingerprint density at radius 2 is 1.79 bits per heavy atom. The van der Waals surface area contributed by atoms with Crippen molar-refractivity contribution in [2.24, 2.45) is 0 Å². The van der Waals surface area contributed by atoms with E-state index in [2.05, 4.69) is 45.7 Å². The number of benzene rings is 1. The highest BCUT2D eigenvalue weighted by Crippen LogP contribution is 2.35. The second-order valence-corrected chi connectivity index (χ2v) is 8.03. The Hall–Kier alpha value is -3.16. The van der Waals surface area contributed by atoms with Crippen molar-refractivity contribution in [3.8, 4) is 23.1 Å². The van der Waals surface area contributed by atoms with Crippen molar-refractivity contribution in [1.29, 1.82) is 0 Å². The summed E-state index contributed by atoms with van der Waals surface area (Å²) >= 11 is 5.84. The van der Waals surface area contributed by atoms with Gasteiger partial charge >= 0.3 is 0 Å². The lowest BCUT2D eigenvalue weighted by Crippen LogP contribution is -2.05. The number of aryl methyl sites for hydroxylation is 1.